The van der Waals surface area contributed by atoms with Gasteiger partial charge in [-0.2, -0.15) is 0 Å². The highest BCUT2D eigenvalue weighted by Gasteiger charge is 2.18. The van der Waals surface area contributed by atoms with Crippen molar-refractivity contribution in [3.63, 3.8) is 0 Å². The Kier molecular flexibility index (Phi) is 4.28. The van der Waals surface area contributed by atoms with E-state index < -0.39 is 17.9 Å². The predicted molar refractivity (Wildman–Crippen MR) is 74.5 cm³/mol. The second kappa shape index (κ2) is 5.79. The highest BCUT2D eigenvalue weighted by atomic mass is 35.5. The molecule has 0 fully saturated rings. The Morgan fingerprint density at radius 3 is 2.30 bits per heavy atom. The van der Waals surface area contributed by atoms with E-state index in [-0.39, 0.29) is 16.1 Å². The van der Waals surface area contributed by atoms with Crippen molar-refractivity contribution in [2.45, 2.75) is 6.10 Å². The summed E-state index contributed by atoms with van der Waals surface area (Å²) in [5, 5.41) is 18.8. The van der Waals surface area contributed by atoms with Crippen molar-refractivity contribution in [1.29, 1.82) is 0 Å². The summed E-state index contributed by atoms with van der Waals surface area (Å²) in [6, 6.07) is 8.30. The van der Waals surface area contributed by atoms with E-state index in [1.165, 1.54) is 18.2 Å². The van der Waals surface area contributed by atoms with Crippen LogP contribution < -0.4 is 0 Å². The topological polar surface area (TPSA) is 57.5 Å². The Morgan fingerprint density at radius 1 is 1.10 bits per heavy atom. The Morgan fingerprint density at radius 2 is 1.75 bits per heavy atom. The number of carboxylic acids is 1. The van der Waals surface area contributed by atoms with Crippen molar-refractivity contribution in [3.05, 3.63) is 57.8 Å². The number of hydrogen-bond acceptors (Lipinski definition) is 2. The molecule has 0 saturated heterocycles. The summed E-state index contributed by atoms with van der Waals surface area (Å²) in [5.41, 5.74) is 0.599. The molecular weight excluding hydrogens is 306 g/mol. The Balaban J connectivity index is 2.47. The number of aliphatic carboxylic acids is 1. The standard InChI is InChI=1S/C14H9Cl2FO3/c15-8-2-4-9(11(16)6-8)10-3-1-7(5-12(10)17)13(18)14(19)20/h1-6,13,18H,(H,19,20). The van der Waals surface area contributed by atoms with E-state index in [1.54, 1.807) is 12.1 Å². The second-order valence-corrected chi connectivity index (χ2v) is 4.95. The van der Waals surface area contributed by atoms with Crippen LogP contribution in [0.3, 0.4) is 0 Å². The SMILES string of the molecule is O=C(O)C(O)c1ccc(-c2ccc(Cl)cc2Cl)c(F)c1. The number of halogens is 3. The lowest BCUT2D eigenvalue weighted by molar-refractivity contribution is -0.146. The van der Waals surface area contributed by atoms with Gasteiger partial charge in [-0.1, -0.05) is 41.4 Å². The number of aliphatic hydroxyl groups is 1. The zero-order chi connectivity index (χ0) is 14.9. The molecule has 104 valence electrons. The summed E-state index contributed by atoms with van der Waals surface area (Å²) in [7, 11) is 0. The van der Waals surface area contributed by atoms with E-state index >= 15 is 0 Å². The van der Waals surface area contributed by atoms with Gasteiger partial charge >= 0.3 is 5.97 Å². The minimum absolute atomic E-state index is 0.0381. The molecule has 0 saturated carbocycles. The molecule has 2 N–H and O–H groups in total. The monoisotopic (exact) mass is 314 g/mol. The molecule has 1 atom stereocenters. The van der Waals surface area contributed by atoms with Gasteiger partial charge < -0.3 is 10.2 Å². The molecule has 2 rings (SSSR count). The van der Waals surface area contributed by atoms with Crippen LogP contribution >= 0.6 is 23.2 Å². The number of hydrogen-bond donors (Lipinski definition) is 2. The number of benzene rings is 2. The third-order valence-electron chi connectivity index (χ3n) is 2.76. The first-order valence-corrected chi connectivity index (χ1v) is 6.31. The van der Waals surface area contributed by atoms with E-state index in [4.69, 9.17) is 28.3 Å². The molecule has 2 aromatic carbocycles. The smallest absolute Gasteiger partial charge is 0.337 e. The number of aliphatic hydroxyl groups excluding tert-OH is 1. The minimum atomic E-state index is -1.76. The third kappa shape index (κ3) is 2.93. The maximum Gasteiger partial charge on any atom is 0.337 e. The van der Waals surface area contributed by atoms with Crippen LogP contribution in [0.5, 0.6) is 0 Å². The molecule has 0 spiro atoms. The van der Waals surface area contributed by atoms with Crippen molar-refractivity contribution in [3.8, 4) is 11.1 Å². The van der Waals surface area contributed by atoms with E-state index in [2.05, 4.69) is 0 Å². The van der Waals surface area contributed by atoms with Crippen LogP contribution in [0, 0.1) is 5.82 Å². The Hall–Kier alpha value is -1.62. The Labute approximate surface area is 124 Å². The zero-order valence-electron chi connectivity index (χ0n) is 9.98. The van der Waals surface area contributed by atoms with Gasteiger partial charge in [0, 0.05) is 21.2 Å². The van der Waals surface area contributed by atoms with Gasteiger partial charge in [0.05, 0.1) is 0 Å². The van der Waals surface area contributed by atoms with Crippen LogP contribution in [0.15, 0.2) is 36.4 Å². The van der Waals surface area contributed by atoms with Gasteiger partial charge in [0.15, 0.2) is 6.10 Å². The molecule has 0 aliphatic carbocycles. The van der Waals surface area contributed by atoms with Gasteiger partial charge in [-0.25, -0.2) is 9.18 Å². The minimum Gasteiger partial charge on any atom is -0.479 e. The lowest BCUT2D eigenvalue weighted by Crippen LogP contribution is -2.10. The summed E-state index contributed by atoms with van der Waals surface area (Å²) < 4.78 is 14.0. The van der Waals surface area contributed by atoms with E-state index in [9.17, 15) is 14.3 Å². The van der Waals surface area contributed by atoms with Crippen molar-refractivity contribution in [2.75, 3.05) is 0 Å². The van der Waals surface area contributed by atoms with Gasteiger partial charge in [-0.3, -0.25) is 0 Å². The van der Waals surface area contributed by atoms with Crippen LogP contribution in [0.25, 0.3) is 11.1 Å². The fourth-order valence-corrected chi connectivity index (χ4v) is 2.28. The lowest BCUT2D eigenvalue weighted by atomic mass is 10.0. The first-order valence-electron chi connectivity index (χ1n) is 5.56. The van der Waals surface area contributed by atoms with Gasteiger partial charge in [-0.05, 0) is 23.8 Å². The number of carbonyl (C=O) groups is 1. The average Bonchev–Trinajstić information content (AvgIpc) is 2.38. The third-order valence-corrected chi connectivity index (χ3v) is 3.31. The van der Waals surface area contributed by atoms with Crippen LogP contribution in [-0.4, -0.2) is 16.2 Å². The van der Waals surface area contributed by atoms with Crippen LogP contribution in [0.4, 0.5) is 4.39 Å². The lowest BCUT2D eigenvalue weighted by Gasteiger charge is -2.10. The molecule has 0 radical (unpaired) electrons. The summed E-state index contributed by atoms with van der Waals surface area (Å²) >= 11 is 11.8. The Bertz CT molecular complexity index is 673. The fourth-order valence-electron chi connectivity index (χ4n) is 1.77. The van der Waals surface area contributed by atoms with Crippen LogP contribution in [0.2, 0.25) is 10.0 Å². The predicted octanol–water partition coefficient (Wildman–Crippen LogP) is 3.92. The molecule has 0 aliphatic heterocycles. The fraction of sp³-hybridized carbons (Fsp3) is 0.0714. The van der Waals surface area contributed by atoms with Crippen LogP contribution in [0.1, 0.15) is 11.7 Å². The van der Waals surface area contributed by atoms with E-state index in [0.29, 0.717) is 10.6 Å². The molecule has 0 bridgehead atoms. The quantitative estimate of drug-likeness (QED) is 0.902. The highest BCUT2D eigenvalue weighted by molar-refractivity contribution is 6.36. The van der Waals surface area contributed by atoms with Gasteiger partial charge in [-0.15, -0.1) is 0 Å². The molecule has 0 aromatic heterocycles. The van der Waals surface area contributed by atoms with E-state index in [0.717, 1.165) is 6.07 Å². The molecule has 1 unspecified atom stereocenters. The summed E-state index contributed by atoms with van der Waals surface area (Å²) in [5.74, 6) is -2.12. The first kappa shape index (κ1) is 14.8. The number of rotatable bonds is 3. The van der Waals surface area contributed by atoms with Crippen molar-refractivity contribution in [1.82, 2.24) is 0 Å². The van der Waals surface area contributed by atoms with Gasteiger partial charge in [0.2, 0.25) is 0 Å². The summed E-state index contributed by atoms with van der Waals surface area (Å²) in [6.45, 7) is 0. The second-order valence-electron chi connectivity index (χ2n) is 4.10. The summed E-state index contributed by atoms with van der Waals surface area (Å²) in [4.78, 5) is 10.6. The van der Waals surface area contributed by atoms with Crippen molar-refractivity contribution < 1.29 is 19.4 Å². The van der Waals surface area contributed by atoms with Gasteiger partial charge in [0.25, 0.3) is 0 Å². The normalized spacial score (nSPS) is 12.2. The zero-order valence-corrected chi connectivity index (χ0v) is 11.5. The largest absolute Gasteiger partial charge is 0.479 e. The van der Waals surface area contributed by atoms with Gasteiger partial charge in [0.1, 0.15) is 5.82 Å². The molecule has 3 nitrogen and oxygen atoms in total. The summed E-state index contributed by atoms with van der Waals surface area (Å²) in [6.07, 6.45) is -1.76. The van der Waals surface area contributed by atoms with Crippen LogP contribution in [-0.2, 0) is 4.79 Å². The maximum absolute atomic E-state index is 14.0. The van der Waals surface area contributed by atoms with E-state index in [1.807, 2.05) is 0 Å². The average molecular weight is 315 g/mol. The molecule has 2 aromatic rings. The van der Waals surface area contributed by atoms with Crippen molar-refractivity contribution >= 4 is 29.2 Å². The molecule has 0 amide bonds. The number of carboxylic acid groups (broad SMARTS) is 1. The molecule has 0 aliphatic rings. The molecular formula is C14H9Cl2FO3. The highest BCUT2D eigenvalue weighted by Crippen LogP contribution is 2.33. The molecule has 0 heterocycles. The molecule has 20 heavy (non-hydrogen) atoms. The molecule has 6 heteroatoms. The van der Waals surface area contributed by atoms with Crippen molar-refractivity contribution in [2.24, 2.45) is 0 Å². The maximum atomic E-state index is 14.0. The first-order chi connectivity index (χ1) is 9.40.